The Bertz CT molecular complexity index is 290. The van der Waals surface area contributed by atoms with Gasteiger partial charge in [-0.25, -0.2) is 0 Å². The molecule has 2 unspecified atom stereocenters. The third-order valence-corrected chi connectivity index (χ3v) is 2.46. The summed E-state index contributed by atoms with van der Waals surface area (Å²) in [4.78, 5) is 0. The second kappa shape index (κ2) is 4.09. The summed E-state index contributed by atoms with van der Waals surface area (Å²) >= 11 is 0. The first-order valence-electron chi connectivity index (χ1n) is 4.19. The van der Waals surface area contributed by atoms with Crippen LogP contribution in [0.1, 0.15) is 17.2 Å². The maximum absolute atomic E-state index is 5.91. The van der Waals surface area contributed by atoms with Crippen LogP contribution in [0.4, 0.5) is 0 Å². The standard InChI is InChI=1S/C10H13NO.ClH/c1-12-10-8-5-3-2-4-7(8)6-9(10)11;/h2-5,9-10H,6,11H2,1H3;1H. The minimum absolute atomic E-state index is 0. The summed E-state index contributed by atoms with van der Waals surface area (Å²) in [6, 6.07) is 8.42. The third kappa shape index (κ3) is 1.70. The van der Waals surface area contributed by atoms with E-state index in [1.165, 1.54) is 11.1 Å². The quantitative estimate of drug-likeness (QED) is 0.747. The van der Waals surface area contributed by atoms with Crippen molar-refractivity contribution in [1.82, 2.24) is 0 Å². The highest BCUT2D eigenvalue weighted by atomic mass is 35.5. The van der Waals surface area contributed by atoms with Crippen molar-refractivity contribution in [2.45, 2.75) is 18.6 Å². The first-order valence-corrected chi connectivity index (χ1v) is 4.19. The minimum atomic E-state index is 0. The zero-order chi connectivity index (χ0) is 8.55. The first-order chi connectivity index (χ1) is 5.83. The van der Waals surface area contributed by atoms with Gasteiger partial charge in [-0.2, -0.15) is 0 Å². The molecule has 1 aliphatic rings. The zero-order valence-electron chi connectivity index (χ0n) is 7.57. The van der Waals surface area contributed by atoms with Gasteiger partial charge in [-0.05, 0) is 17.5 Å². The number of rotatable bonds is 1. The van der Waals surface area contributed by atoms with Gasteiger partial charge >= 0.3 is 0 Å². The van der Waals surface area contributed by atoms with E-state index in [1.807, 2.05) is 12.1 Å². The van der Waals surface area contributed by atoms with Gasteiger partial charge in [-0.1, -0.05) is 24.3 Å². The lowest BCUT2D eigenvalue weighted by atomic mass is 10.1. The van der Waals surface area contributed by atoms with Crippen molar-refractivity contribution < 1.29 is 4.74 Å². The maximum atomic E-state index is 5.91. The maximum Gasteiger partial charge on any atom is 0.0977 e. The molecule has 3 heteroatoms. The molecular formula is C10H14ClNO. The van der Waals surface area contributed by atoms with Gasteiger partial charge in [0.2, 0.25) is 0 Å². The van der Waals surface area contributed by atoms with E-state index in [2.05, 4.69) is 12.1 Å². The Balaban J connectivity index is 0.000000845. The molecule has 0 saturated heterocycles. The van der Waals surface area contributed by atoms with Crippen LogP contribution in [0, 0.1) is 0 Å². The molecule has 2 nitrogen and oxygen atoms in total. The van der Waals surface area contributed by atoms with Crippen molar-refractivity contribution in [3.8, 4) is 0 Å². The van der Waals surface area contributed by atoms with E-state index in [1.54, 1.807) is 7.11 Å². The van der Waals surface area contributed by atoms with Gasteiger partial charge < -0.3 is 10.5 Å². The average Bonchev–Trinajstić information content (AvgIpc) is 2.40. The molecule has 0 heterocycles. The summed E-state index contributed by atoms with van der Waals surface area (Å²) in [6.07, 6.45) is 1.04. The number of fused-ring (bicyclic) bond motifs is 1. The lowest BCUT2D eigenvalue weighted by molar-refractivity contribution is 0.0903. The molecule has 2 rings (SSSR count). The van der Waals surface area contributed by atoms with E-state index in [0.717, 1.165) is 6.42 Å². The summed E-state index contributed by atoms with van der Waals surface area (Å²) in [5.74, 6) is 0. The van der Waals surface area contributed by atoms with Crippen molar-refractivity contribution in [1.29, 1.82) is 0 Å². The van der Waals surface area contributed by atoms with Crippen molar-refractivity contribution in [2.75, 3.05) is 7.11 Å². The second-order valence-corrected chi connectivity index (χ2v) is 3.22. The SMILES string of the molecule is COC1c2ccccc2CC1N.Cl. The van der Waals surface area contributed by atoms with Crippen molar-refractivity contribution >= 4 is 12.4 Å². The number of benzene rings is 1. The molecule has 0 saturated carbocycles. The Hall–Kier alpha value is -0.570. The summed E-state index contributed by atoms with van der Waals surface area (Å²) in [5, 5.41) is 0. The van der Waals surface area contributed by atoms with E-state index in [9.17, 15) is 0 Å². The van der Waals surface area contributed by atoms with Crippen LogP contribution in [-0.2, 0) is 11.2 Å². The van der Waals surface area contributed by atoms with Crippen LogP contribution in [-0.4, -0.2) is 13.2 Å². The normalized spacial score (nSPS) is 25.1. The summed E-state index contributed by atoms with van der Waals surface area (Å²) in [6.45, 7) is 0. The topological polar surface area (TPSA) is 35.2 Å². The molecule has 0 fully saturated rings. The molecule has 0 radical (unpaired) electrons. The fraction of sp³-hybridized carbons (Fsp3) is 0.400. The lowest BCUT2D eigenvalue weighted by Crippen LogP contribution is -2.25. The molecular weight excluding hydrogens is 186 g/mol. The van der Waals surface area contributed by atoms with Crippen LogP contribution in [0.3, 0.4) is 0 Å². The molecule has 2 N–H and O–H groups in total. The number of halogens is 1. The van der Waals surface area contributed by atoms with Crippen LogP contribution in [0.5, 0.6) is 0 Å². The average molecular weight is 200 g/mol. The van der Waals surface area contributed by atoms with E-state index in [4.69, 9.17) is 10.5 Å². The minimum Gasteiger partial charge on any atom is -0.375 e. The molecule has 1 aliphatic carbocycles. The number of nitrogens with two attached hydrogens (primary N) is 1. The molecule has 0 aromatic heterocycles. The molecule has 72 valence electrons. The highest BCUT2D eigenvalue weighted by molar-refractivity contribution is 5.85. The lowest BCUT2D eigenvalue weighted by Gasteiger charge is -2.13. The summed E-state index contributed by atoms with van der Waals surface area (Å²) in [5.41, 5.74) is 8.50. The van der Waals surface area contributed by atoms with Crippen LogP contribution in [0.15, 0.2) is 24.3 Å². The largest absolute Gasteiger partial charge is 0.375 e. The van der Waals surface area contributed by atoms with E-state index in [0.29, 0.717) is 0 Å². The Morgan fingerprint density at radius 2 is 2.08 bits per heavy atom. The van der Waals surface area contributed by atoms with E-state index in [-0.39, 0.29) is 24.6 Å². The highest BCUT2D eigenvalue weighted by Gasteiger charge is 2.28. The summed E-state index contributed by atoms with van der Waals surface area (Å²) < 4.78 is 5.32. The van der Waals surface area contributed by atoms with Gasteiger partial charge in [-0.3, -0.25) is 0 Å². The molecule has 0 spiro atoms. The Labute approximate surface area is 84.5 Å². The molecule has 0 bridgehead atoms. The van der Waals surface area contributed by atoms with Crippen LogP contribution in [0.2, 0.25) is 0 Å². The van der Waals surface area contributed by atoms with Crippen LogP contribution in [0.25, 0.3) is 0 Å². The van der Waals surface area contributed by atoms with Gasteiger partial charge in [0.15, 0.2) is 0 Å². The Kier molecular flexibility index (Phi) is 3.31. The second-order valence-electron chi connectivity index (χ2n) is 3.22. The smallest absolute Gasteiger partial charge is 0.0977 e. The van der Waals surface area contributed by atoms with Crippen LogP contribution < -0.4 is 5.73 Å². The van der Waals surface area contributed by atoms with Crippen molar-refractivity contribution in [2.24, 2.45) is 5.73 Å². The third-order valence-electron chi connectivity index (χ3n) is 2.46. The fourth-order valence-corrected chi connectivity index (χ4v) is 1.89. The monoisotopic (exact) mass is 199 g/mol. The van der Waals surface area contributed by atoms with Gasteiger partial charge in [0.05, 0.1) is 6.10 Å². The van der Waals surface area contributed by atoms with Crippen molar-refractivity contribution in [3.05, 3.63) is 35.4 Å². The molecule has 13 heavy (non-hydrogen) atoms. The molecule has 1 aromatic carbocycles. The summed E-state index contributed by atoms with van der Waals surface area (Å²) in [7, 11) is 1.71. The van der Waals surface area contributed by atoms with Gasteiger partial charge in [-0.15, -0.1) is 12.4 Å². The number of hydrogen-bond donors (Lipinski definition) is 1. The van der Waals surface area contributed by atoms with E-state index >= 15 is 0 Å². The van der Waals surface area contributed by atoms with Gasteiger partial charge in [0.25, 0.3) is 0 Å². The van der Waals surface area contributed by atoms with Crippen molar-refractivity contribution in [3.63, 3.8) is 0 Å². The highest BCUT2D eigenvalue weighted by Crippen LogP contribution is 2.32. The van der Waals surface area contributed by atoms with E-state index < -0.39 is 0 Å². The molecule has 0 amide bonds. The number of methoxy groups -OCH3 is 1. The zero-order valence-corrected chi connectivity index (χ0v) is 8.38. The first kappa shape index (κ1) is 10.5. The Morgan fingerprint density at radius 3 is 2.77 bits per heavy atom. The molecule has 0 aliphatic heterocycles. The molecule has 2 atom stereocenters. The predicted molar refractivity (Wildman–Crippen MR) is 55.1 cm³/mol. The van der Waals surface area contributed by atoms with Gasteiger partial charge in [0, 0.05) is 13.2 Å². The molecule has 1 aromatic rings. The Morgan fingerprint density at radius 1 is 1.38 bits per heavy atom. The fourth-order valence-electron chi connectivity index (χ4n) is 1.89. The van der Waals surface area contributed by atoms with Crippen LogP contribution >= 0.6 is 12.4 Å². The number of hydrogen-bond acceptors (Lipinski definition) is 2. The van der Waals surface area contributed by atoms with Gasteiger partial charge in [0.1, 0.15) is 0 Å². The number of ether oxygens (including phenoxy) is 1. The predicted octanol–water partition coefficient (Wildman–Crippen LogP) is 1.68.